The van der Waals surface area contributed by atoms with Crippen molar-refractivity contribution in [2.24, 2.45) is 0 Å². The molecule has 0 radical (unpaired) electrons. The maximum Gasteiger partial charge on any atom is 0.456 e. The first-order valence-electron chi connectivity index (χ1n) is 1.75. The van der Waals surface area contributed by atoms with Crippen molar-refractivity contribution in [3.63, 3.8) is 0 Å². The van der Waals surface area contributed by atoms with Gasteiger partial charge in [0.25, 0.3) is 0 Å². The summed E-state index contributed by atoms with van der Waals surface area (Å²) < 4.78 is 54.3. The minimum Gasteiger partial charge on any atom is -0.283 e. The predicted octanol–water partition coefficient (Wildman–Crippen LogP) is 1.38. The van der Waals surface area contributed by atoms with Crippen LogP contribution in [-0.4, -0.2) is 18.4 Å². The maximum absolute atomic E-state index is 10.9. The summed E-state index contributed by atoms with van der Waals surface area (Å²) in [6.45, 7) is 0. The van der Waals surface area contributed by atoms with Gasteiger partial charge in [-0.2, -0.15) is 13.2 Å². The Hall–Kier alpha value is -0.680. The van der Waals surface area contributed by atoms with Crippen LogP contribution in [0.25, 0.3) is 0 Å². The van der Waals surface area contributed by atoms with Gasteiger partial charge in [-0.3, -0.25) is 4.79 Å². The van der Waals surface area contributed by atoms with Crippen LogP contribution in [-0.2, 0) is 4.79 Å². The maximum atomic E-state index is 10.9. The molecule has 0 aromatic carbocycles. The lowest BCUT2D eigenvalue weighted by Gasteiger charge is -2.01. The molecule has 6 heteroatoms. The summed E-state index contributed by atoms with van der Waals surface area (Å²) in [7, 11) is 0. The normalized spacial score (nSPS) is 12.2. The summed E-state index contributed by atoms with van der Waals surface area (Å²) in [6, 6.07) is 0. The second kappa shape index (κ2) is 2.28. The summed E-state index contributed by atoms with van der Waals surface area (Å²) in [5.74, 6) is -3.00. The molecule has 0 aliphatic heterocycles. The molecule has 0 N–H and O–H groups in total. The molecular formula is C3HF5O. The number of halogens is 5. The van der Waals surface area contributed by atoms with Crippen molar-refractivity contribution in [3.05, 3.63) is 0 Å². The van der Waals surface area contributed by atoms with E-state index in [0.717, 1.165) is 0 Å². The van der Waals surface area contributed by atoms with Crippen molar-refractivity contribution in [2.45, 2.75) is 12.6 Å². The molecule has 0 aromatic rings. The molecule has 0 aliphatic rings. The molecule has 0 rings (SSSR count). The van der Waals surface area contributed by atoms with Crippen LogP contribution >= 0.6 is 0 Å². The summed E-state index contributed by atoms with van der Waals surface area (Å²) in [5.41, 5.74) is 0. The Morgan fingerprint density at radius 3 is 1.56 bits per heavy atom. The summed E-state index contributed by atoms with van der Waals surface area (Å²) in [5, 5.41) is 0. The minimum absolute atomic E-state index is 3.00. The van der Waals surface area contributed by atoms with Gasteiger partial charge in [0.2, 0.25) is 0 Å². The number of hydrogen-bond acceptors (Lipinski definition) is 1. The number of alkyl halides is 5. The Morgan fingerprint density at radius 1 is 1.22 bits per heavy atom. The molecule has 0 atom stereocenters. The van der Waals surface area contributed by atoms with Gasteiger partial charge in [-0.15, -0.1) is 0 Å². The number of Topliss-reactive ketones (excluding diaryl/α,β-unsaturated/α-hetero) is 1. The van der Waals surface area contributed by atoms with Crippen molar-refractivity contribution in [2.75, 3.05) is 0 Å². The number of ketones is 1. The zero-order chi connectivity index (χ0) is 7.65. The van der Waals surface area contributed by atoms with Crippen LogP contribution in [0.1, 0.15) is 0 Å². The minimum atomic E-state index is -5.41. The molecule has 9 heavy (non-hydrogen) atoms. The molecule has 0 fully saturated rings. The van der Waals surface area contributed by atoms with Crippen LogP contribution in [0.5, 0.6) is 0 Å². The van der Waals surface area contributed by atoms with Crippen molar-refractivity contribution >= 4 is 5.78 Å². The van der Waals surface area contributed by atoms with Crippen LogP contribution in [0.3, 0.4) is 0 Å². The second-order valence-electron chi connectivity index (χ2n) is 1.16. The third-order valence-electron chi connectivity index (χ3n) is 0.478. The van der Waals surface area contributed by atoms with E-state index in [4.69, 9.17) is 0 Å². The first-order chi connectivity index (χ1) is 3.85. The highest BCUT2D eigenvalue weighted by Gasteiger charge is 2.44. The number of carbonyl (C=O) groups excluding carboxylic acids is 1. The molecule has 0 bridgehead atoms. The van der Waals surface area contributed by atoms with Crippen molar-refractivity contribution in [1.29, 1.82) is 0 Å². The Kier molecular flexibility index (Phi) is 2.11. The van der Waals surface area contributed by atoms with E-state index in [-0.39, 0.29) is 0 Å². The van der Waals surface area contributed by atoms with Gasteiger partial charge in [0.1, 0.15) is 0 Å². The molecular weight excluding hydrogens is 147 g/mol. The van der Waals surface area contributed by atoms with Gasteiger partial charge in [0.05, 0.1) is 0 Å². The standard InChI is InChI=1S/C3HF5O/c4-2(5)1(9)3(6,7)8/h2H. The Morgan fingerprint density at radius 2 is 1.56 bits per heavy atom. The number of carbonyl (C=O) groups is 1. The van der Waals surface area contributed by atoms with Crippen molar-refractivity contribution in [3.8, 4) is 0 Å². The monoisotopic (exact) mass is 148 g/mol. The molecule has 54 valence electrons. The molecule has 1 nitrogen and oxygen atoms in total. The average Bonchev–Trinajstić information content (AvgIpc) is 1.62. The molecule has 0 saturated heterocycles. The topological polar surface area (TPSA) is 17.1 Å². The molecule has 0 spiro atoms. The van der Waals surface area contributed by atoms with Gasteiger partial charge in [-0.05, 0) is 0 Å². The zero-order valence-corrected chi connectivity index (χ0v) is 3.88. The van der Waals surface area contributed by atoms with E-state index in [1.807, 2.05) is 0 Å². The molecule has 0 heterocycles. The van der Waals surface area contributed by atoms with Crippen LogP contribution in [0.4, 0.5) is 22.0 Å². The second-order valence-corrected chi connectivity index (χ2v) is 1.16. The largest absolute Gasteiger partial charge is 0.456 e. The Bertz CT molecular complexity index is 114. The highest BCUT2D eigenvalue weighted by molar-refractivity contribution is 5.86. The van der Waals surface area contributed by atoms with E-state index in [1.54, 1.807) is 0 Å². The first-order valence-corrected chi connectivity index (χ1v) is 1.75. The van der Waals surface area contributed by atoms with Crippen LogP contribution in [0, 0.1) is 0 Å². The third-order valence-corrected chi connectivity index (χ3v) is 0.478. The van der Waals surface area contributed by atoms with E-state index in [2.05, 4.69) is 0 Å². The molecule has 0 aliphatic carbocycles. The van der Waals surface area contributed by atoms with Gasteiger partial charge in [-0.1, -0.05) is 0 Å². The SMILES string of the molecule is O=C(C(F)F)C(F)(F)F. The van der Waals surface area contributed by atoms with Crippen LogP contribution < -0.4 is 0 Å². The lowest BCUT2D eigenvalue weighted by molar-refractivity contribution is -0.182. The highest BCUT2D eigenvalue weighted by Crippen LogP contribution is 2.19. The van der Waals surface area contributed by atoms with E-state index in [9.17, 15) is 26.7 Å². The lowest BCUT2D eigenvalue weighted by atomic mass is 10.4. The smallest absolute Gasteiger partial charge is 0.283 e. The summed E-state index contributed by atoms with van der Waals surface area (Å²) in [4.78, 5) is 9.29. The lowest BCUT2D eigenvalue weighted by Crippen LogP contribution is -2.28. The van der Waals surface area contributed by atoms with Gasteiger partial charge in [0, 0.05) is 0 Å². The van der Waals surface area contributed by atoms with Crippen molar-refractivity contribution in [1.82, 2.24) is 0 Å². The van der Waals surface area contributed by atoms with E-state index in [1.165, 1.54) is 0 Å². The predicted molar refractivity (Wildman–Crippen MR) is 17.1 cm³/mol. The van der Waals surface area contributed by atoms with Gasteiger partial charge in [0.15, 0.2) is 0 Å². The number of hydrogen-bond donors (Lipinski definition) is 0. The molecule has 0 saturated carbocycles. The van der Waals surface area contributed by atoms with Gasteiger partial charge in [-0.25, -0.2) is 8.78 Å². The molecule has 0 aromatic heterocycles. The Balaban J connectivity index is 4.06. The fourth-order valence-electron chi connectivity index (χ4n) is 0.124. The van der Waals surface area contributed by atoms with Gasteiger partial charge < -0.3 is 0 Å². The highest BCUT2D eigenvalue weighted by atomic mass is 19.4. The molecule has 0 amide bonds. The van der Waals surface area contributed by atoms with E-state index >= 15 is 0 Å². The van der Waals surface area contributed by atoms with Crippen molar-refractivity contribution < 1.29 is 26.7 Å². The van der Waals surface area contributed by atoms with Gasteiger partial charge >= 0.3 is 18.4 Å². The summed E-state index contributed by atoms with van der Waals surface area (Å²) >= 11 is 0. The quantitative estimate of drug-likeness (QED) is 0.513. The van der Waals surface area contributed by atoms with Crippen LogP contribution in [0.15, 0.2) is 0 Å². The third kappa shape index (κ3) is 2.39. The number of rotatable bonds is 1. The van der Waals surface area contributed by atoms with E-state index < -0.39 is 18.4 Å². The molecule has 0 unspecified atom stereocenters. The average molecular weight is 148 g/mol. The fourth-order valence-corrected chi connectivity index (χ4v) is 0.124. The zero-order valence-electron chi connectivity index (χ0n) is 3.88. The Labute approximate surface area is 46.5 Å². The van der Waals surface area contributed by atoms with Crippen LogP contribution in [0.2, 0.25) is 0 Å². The van der Waals surface area contributed by atoms with E-state index in [0.29, 0.717) is 0 Å². The summed E-state index contributed by atoms with van der Waals surface area (Å²) in [6.07, 6.45) is -9.36. The first kappa shape index (κ1) is 8.32. The fraction of sp³-hybridized carbons (Fsp3) is 0.667.